The largest absolute Gasteiger partial charge is 0.396 e. The maximum Gasteiger partial charge on any atom is 0.0474 e. The van der Waals surface area contributed by atoms with E-state index in [2.05, 4.69) is 10.6 Å². The monoisotopic (exact) mass is 212 g/mol. The second-order valence-electron chi connectivity index (χ2n) is 5.09. The van der Waals surface area contributed by atoms with Gasteiger partial charge >= 0.3 is 0 Å². The molecule has 1 aliphatic carbocycles. The van der Waals surface area contributed by atoms with Crippen LogP contribution in [0.2, 0.25) is 0 Å². The fourth-order valence-corrected chi connectivity index (χ4v) is 2.91. The molecule has 2 aliphatic rings. The van der Waals surface area contributed by atoms with Crippen molar-refractivity contribution >= 4 is 0 Å². The molecular weight excluding hydrogens is 188 g/mol. The molecule has 2 fully saturated rings. The van der Waals surface area contributed by atoms with Crippen LogP contribution in [0.5, 0.6) is 0 Å². The first-order chi connectivity index (χ1) is 7.40. The van der Waals surface area contributed by atoms with Crippen LogP contribution in [-0.2, 0) is 0 Å². The minimum atomic E-state index is 0.339. The van der Waals surface area contributed by atoms with Crippen molar-refractivity contribution in [1.29, 1.82) is 0 Å². The van der Waals surface area contributed by atoms with Gasteiger partial charge in [-0.2, -0.15) is 0 Å². The van der Waals surface area contributed by atoms with E-state index in [1.54, 1.807) is 0 Å². The average Bonchev–Trinajstić information content (AvgIpc) is 2.90. The normalized spacial score (nSPS) is 29.8. The summed E-state index contributed by atoms with van der Waals surface area (Å²) in [5.74, 6) is 1.14. The average molecular weight is 212 g/mol. The van der Waals surface area contributed by atoms with Crippen LogP contribution < -0.4 is 10.6 Å². The Balaban J connectivity index is 1.69. The van der Waals surface area contributed by atoms with E-state index in [1.807, 2.05) is 0 Å². The maximum atomic E-state index is 9.39. The molecule has 0 spiro atoms. The molecule has 15 heavy (non-hydrogen) atoms. The van der Waals surface area contributed by atoms with Crippen LogP contribution in [0.4, 0.5) is 0 Å². The molecule has 3 N–H and O–H groups in total. The van der Waals surface area contributed by atoms with Crippen molar-refractivity contribution in [3.63, 3.8) is 0 Å². The molecule has 0 aromatic rings. The van der Waals surface area contributed by atoms with Gasteiger partial charge in [0.25, 0.3) is 0 Å². The number of hydrogen-bond acceptors (Lipinski definition) is 3. The Morgan fingerprint density at radius 2 is 2.07 bits per heavy atom. The summed E-state index contributed by atoms with van der Waals surface area (Å²) in [7, 11) is 0. The second kappa shape index (κ2) is 5.83. The summed E-state index contributed by atoms with van der Waals surface area (Å²) in [5.41, 5.74) is 0. The molecule has 1 heterocycles. The quantitative estimate of drug-likeness (QED) is 0.630. The lowest BCUT2D eigenvalue weighted by molar-refractivity contribution is 0.175. The van der Waals surface area contributed by atoms with Gasteiger partial charge in [0.1, 0.15) is 0 Å². The van der Waals surface area contributed by atoms with Crippen molar-refractivity contribution in [1.82, 2.24) is 10.6 Å². The topological polar surface area (TPSA) is 44.3 Å². The molecule has 1 saturated heterocycles. The number of hydrogen-bond donors (Lipinski definition) is 3. The molecule has 2 atom stereocenters. The Morgan fingerprint density at radius 1 is 1.27 bits per heavy atom. The van der Waals surface area contributed by atoms with E-state index in [4.69, 9.17) is 0 Å². The van der Waals surface area contributed by atoms with Crippen molar-refractivity contribution in [2.75, 3.05) is 26.2 Å². The highest BCUT2D eigenvalue weighted by atomic mass is 16.3. The number of aliphatic hydroxyl groups excluding tert-OH is 1. The first-order valence-corrected chi connectivity index (χ1v) is 6.45. The summed E-state index contributed by atoms with van der Waals surface area (Å²) in [6.45, 7) is 3.57. The van der Waals surface area contributed by atoms with E-state index in [9.17, 15) is 5.11 Å². The lowest BCUT2D eigenvalue weighted by atomic mass is 9.92. The fourth-order valence-electron chi connectivity index (χ4n) is 2.91. The summed E-state index contributed by atoms with van der Waals surface area (Å²) in [5, 5.41) is 16.4. The number of rotatable bonds is 5. The van der Waals surface area contributed by atoms with Gasteiger partial charge in [0.05, 0.1) is 0 Å². The first-order valence-electron chi connectivity index (χ1n) is 6.45. The van der Waals surface area contributed by atoms with E-state index in [1.165, 1.54) is 32.1 Å². The summed E-state index contributed by atoms with van der Waals surface area (Å²) < 4.78 is 0. The van der Waals surface area contributed by atoms with Crippen LogP contribution in [-0.4, -0.2) is 37.4 Å². The van der Waals surface area contributed by atoms with Crippen LogP contribution in [0.1, 0.15) is 32.1 Å². The van der Waals surface area contributed by atoms with Crippen LogP contribution >= 0.6 is 0 Å². The molecular formula is C12H24N2O. The highest BCUT2D eigenvalue weighted by Crippen LogP contribution is 2.21. The van der Waals surface area contributed by atoms with E-state index in [0.29, 0.717) is 18.4 Å². The van der Waals surface area contributed by atoms with Crippen LogP contribution in [0.3, 0.4) is 0 Å². The van der Waals surface area contributed by atoms with Crippen molar-refractivity contribution in [2.45, 2.75) is 38.1 Å². The fraction of sp³-hybridized carbons (Fsp3) is 1.00. The third-order valence-electron chi connectivity index (χ3n) is 4.02. The maximum absolute atomic E-state index is 9.39. The van der Waals surface area contributed by atoms with Crippen molar-refractivity contribution in [2.24, 2.45) is 11.8 Å². The van der Waals surface area contributed by atoms with E-state index >= 15 is 0 Å². The zero-order valence-corrected chi connectivity index (χ0v) is 9.54. The van der Waals surface area contributed by atoms with Gasteiger partial charge in [0.2, 0.25) is 0 Å². The van der Waals surface area contributed by atoms with Crippen molar-refractivity contribution < 1.29 is 5.11 Å². The van der Waals surface area contributed by atoms with E-state index in [0.717, 1.165) is 25.7 Å². The predicted molar refractivity (Wildman–Crippen MR) is 61.8 cm³/mol. The Labute approximate surface area is 92.6 Å². The lowest BCUT2D eigenvalue weighted by Gasteiger charge is -2.23. The highest BCUT2D eigenvalue weighted by molar-refractivity contribution is 4.81. The zero-order valence-electron chi connectivity index (χ0n) is 9.54. The van der Waals surface area contributed by atoms with Crippen LogP contribution in [0.15, 0.2) is 0 Å². The predicted octanol–water partition coefficient (Wildman–Crippen LogP) is 0.737. The molecule has 3 nitrogen and oxygen atoms in total. The van der Waals surface area contributed by atoms with Crippen molar-refractivity contribution in [3.8, 4) is 0 Å². The molecule has 3 heteroatoms. The van der Waals surface area contributed by atoms with Gasteiger partial charge in [-0.05, 0) is 44.2 Å². The Kier molecular flexibility index (Phi) is 4.42. The molecule has 1 saturated carbocycles. The Hall–Kier alpha value is -0.120. The van der Waals surface area contributed by atoms with Crippen LogP contribution in [0.25, 0.3) is 0 Å². The molecule has 0 amide bonds. The van der Waals surface area contributed by atoms with Gasteiger partial charge in [0, 0.05) is 19.2 Å². The summed E-state index contributed by atoms with van der Waals surface area (Å²) in [4.78, 5) is 0. The van der Waals surface area contributed by atoms with E-state index in [-0.39, 0.29) is 0 Å². The molecule has 2 rings (SSSR count). The first kappa shape index (κ1) is 11.4. The molecule has 2 unspecified atom stereocenters. The molecule has 0 radical (unpaired) electrons. The van der Waals surface area contributed by atoms with Gasteiger partial charge in [-0.15, -0.1) is 0 Å². The Bertz CT molecular complexity index is 174. The van der Waals surface area contributed by atoms with Crippen LogP contribution in [0, 0.1) is 11.8 Å². The molecule has 0 aromatic carbocycles. The summed E-state index contributed by atoms with van der Waals surface area (Å²) in [6.07, 6.45) is 6.67. The van der Waals surface area contributed by atoms with Gasteiger partial charge in [-0.3, -0.25) is 0 Å². The molecule has 0 aromatic heterocycles. The minimum Gasteiger partial charge on any atom is -0.396 e. The second-order valence-corrected chi connectivity index (χ2v) is 5.09. The highest BCUT2D eigenvalue weighted by Gasteiger charge is 2.25. The zero-order chi connectivity index (χ0) is 10.5. The van der Waals surface area contributed by atoms with Gasteiger partial charge in [-0.25, -0.2) is 0 Å². The van der Waals surface area contributed by atoms with Crippen molar-refractivity contribution in [3.05, 3.63) is 0 Å². The SMILES string of the molecule is OCC(CNC1CCCC1)C1CCNC1. The summed E-state index contributed by atoms with van der Waals surface area (Å²) in [6, 6.07) is 0.730. The third kappa shape index (κ3) is 3.16. The molecule has 88 valence electrons. The smallest absolute Gasteiger partial charge is 0.0474 e. The minimum absolute atomic E-state index is 0.339. The number of aliphatic hydroxyl groups is 1. The number of nitrogens with one attached hydrogen (secondary N) is 2. The lowest BCUT2D eigenvalue weighted by Crippen LogP contribution is -2.36. The van der Waals surface area contributed by atoms with E-state index < -0.39 is 0 Å². The summed E-state index contributed by atoms with van der Waals surface area (Å²) >= 11 is 0. The standard InChI is InChI=1S/C12H24N2O/c15-9-11(10-5-6-13-7-10)8-14-12-3-1-2-4-12/h10-15H,1-9H2. The van der Waals surface area contributed by atoms with Gasteiger partial charge in [0.15, 0.2) is 0 Å². The van der Waals surface area contributed by atoms with Gasteiger partial charge in [-0.1, -0.05) is 12.8 Å². The molecule has 0 bridgehead atoms. The third-order valence-corrected chi connectivity index (χ3v) is 4.02. The van der Waals surface area contributed by atoms with Gasteiger partial charge < -0.3 is 15.7 Å². The Morgan fingerprint density at radius 3 is 2.67 bits per heavy atom. The molecule has 1 aliphatic heterocycles.